The van der Waals surface area contributed by atoms with Crippen LogP contribution in [0.3, 0.4) is 0 Å². The van der Waals surface area contributed by atoms with Crippen LogP contribution >= 0.6 is 11.8 Å². The van der Waals surface area contributed by atoms with Crippen LogP contribution in [0.4, 0.5) is 4.39 Å². The van der Waals surface area contributed by atoms with E-state index in [0.717, 1.165) is 0 Å². The molecule has 1 saturated heterocycles. The summed E-state index contributed by atoms with van der Waals surface area (Å²) in [5.74, 6) is -1.75. The van der Waals surface area contributed by atoms with Gasteiger partial charge >= 0.3 is 5.97 Å². The minimum atomic E-state index is -2.41. The number of hydrogen-bond donors (Lipinski definition) is 2. The second-order valence-electron chi connectivity index (χ2n) is 5.95. The van der Waals surface area contributed by atoms with Gasteiger partial charge in [-0.3, -0.25) is 9.59 Å². The molecule has 0 aliphatic carbocycles. The number of alkyl halides is 1. The molecule has 8 heteroatoms. The third-order valence-electron chi connectivity index (χ3n) is 4.16. The van der Waals surface area contributed by atoms with Crippen molar-refractivity contribution in [2.45, 2.75) is 24.6 Å². The largest absolute Gasteiger partial charge is 0.479 e. The number of amides is 2. The zero-order valence-corrected chi connectivity index (χ0v) is 14.7. The molecule has 0 saturated carbocycles. The molecule has 0 bridgehead atoms. The fourth-order valence-electron chi connectivity index (χ4n) is 2.68. The van der Waals surface area contributed by atoms with E-state index in [1.165, 1.54) is 16.7 Å². The second kappa shape index (κ2) is 8.33. The first-order valence-electron chi connectivity index (χ1n) is 7.93. The fourth-order valence-corrected chi connectivity index (χ4v) is 3.15. The van der Waals surface area contributed by atoms with Crippen molar-refractivity contribution < 1.29 is 23.9 Å². The van der Waals surface area contributed by atoms with Crippen LogP contribution in [0.5, 0.6) is 0 Å². The van der Waals surface area contributed by atoms with Crippen LogP contribution in [-0.4, -0.2) is 64.6 Å². The van der Waals surface area contributed by atoms with Gasteiger partial charge in [0, 0.05) is 18.5 Å². The Kier molecular flexibility index (Phi) is 6.41. The number of benzene rings is 1. The summed E-state index contributed by atoms with van der Waals surface area (Å²) in [5.41, 5.74) is -1.99. The second-order valence-corrected chi connectivity index (χ2v) is 6.94. The van der Waals surface area contributed by atoms with E-state index in [1.807, 2.05) is 6.26 Å². The van der Waals surface area contributed by atoms with Crippen LogP contribution in [-0.2, 0) is 9.59 Å². The third kappa shape index (κ3) is 4.72. The Morgan fingerprint density at radius 3 is 2.60 bits per heavy atom. The molecule has 1 aromatic rings. The molecule has 0 radical (unpaired) electrons. The summed E-state index contributed by atoms with van der Waals surface area (Å²) in [6.45, 7) is -0.462. The highest BCUT2D eigenvalue weighted by Gasteiger charge is 2.47. The minimum absolute atomic E-state index is 0.0264. The number of nitrogens with one attached hydrogen (secondary N) is 1. The maximum atomic E-state index is 14.2. The van der Waals surface area contributed by atoms with Crippen molar-refractivity contribution in [3.8, 4) is 0 Å². The zero-order valence-electron chi connectivity index (χ0n) is 13.9. The SMILES string of the molecule is CSCCC(NC(=O)c1ccccc1)C(=O)N1CCC(F)(C(=O)O)C1. The first-order chi connectivity index (χ1) is 11.9. The Labute approximate surface area is 149 Å². The van der Waals surface area contributed by atoms with Gasteiger partial charge in [-0.25, -0.2) is 9.18 Å². The van der Waals surface area contributed by atoms with Crippen LogP contribution in [0.1, 0.15) is 23.2 Å². The van der Waals surface area contributed by atoms with Crippen LogP contribution in [0, 0.1) is 0 Å². The Morgan fingerprint density at radius 1 is 1.36 bits per heavy atom. The highest BCUT2D eigenvalue weighted by atomic mass is 32.2. The third-order valence-corrected chi connectivity index (χ3v) is 4.81. The highest BCUT2D eigenvalue weighted by molar-refractivity contribution is 7.98. The molecule has 136 valence electrons. The predicted octanol–water partition coefficient (Wildman–Crippen LogP) is 1.56. The van der Waals surface area contributed by atoms with Gasteiger partial charge < -0.3 is 15.3 Å². The van der Waals surface area contributed by atoms with Crippen molar-refractivity contribution in [1.29, 1.82) is 0 Å². The average molecular weight is 368 g/mol. The Morgan fingerprint density at radius 2 is 2.04 bits per heavy atom. The van der Waals surface area contributed by atoms with Crippen molar-refractivity contribution in [3.05, 3.63) is 35.9 Å². The molecular formula is C17H21FN2O4S. The van der Waals surface area contributed by atoms with E-state index < -0.39 is 30.1 Å². The average Bonchev–Trinajstić information content (AvgIpc) is 3.02. The molecule has 1 heterocycles. The molecular weight excluding hydrogens is 347 g/mol. The lowest BCUT2D eigenvalue weighted by Gasteiger charge is -2.24. The standard InChI is InChI=1S/C17H21FN2O4S/c1-25-10-7-13(19-14(21)12-5-3-2-4-6-12)15(22)20-9-8-17(18,11-20)16(23)24/h2-6,13H,7-11H2,1H3,(H,19,21)(H,23,24). The summed E-state index contributed by atoms with van der Waals surface area (Å²) in [6.07, 6.45) is 2.03. The number of aliphatic carboxylic acids is 1. The maximum absolute atomic E-state index is 14.2. The molecule has 25 heavy (non-hydrogen) atoms. The number of halogens is 1. The fraction of sp³-hybridized carbons (Fsp3) is 0.471. The molecule has 2 amide bonds. The van der Waals surface area contributed by atoms with Gasteiger partial charge in [0.25, 0.3) is 5.91 Å². The number of nitrogens with zero attached hydrogens (tertiary/aromatic N) is 1. The molecule has 2 N–H and O–H groups in total. The molecule has 1 aliphatic heterocycles. The van der Waals surface area contributed by atoms with Crippen molar-refractivity contribution in [2.75, 3.05) is 25.1 Å². The van der Waals surface area contributed by atoms with Gasteiger partial charge in [0.05, 0.1) is 6.54 Å². The van der Waals surface area contributed by atoms with Crippen LogP contribution in [0.25, 0.3) is 0 Å². The number of carbonyl (C=O) groups excluding carboxylic acids is 2. The summed E-state index contributed by atoms with van der Waals surface area (Å²) in [7, 11) is 0. The summed E-state index contributed by atoms with van der Waals surface area (Å²) in [6, 6.07) is 7.69. The van der Waals surface area contributed by atoms with E-state index in [2.05, 4.69) is 5.32 Å². The van der Waals surface area contributed by atoms with Crippen LogP contribution in [0.15, 0.2) is 30.3 Å². The smallest absolute Gasteiger partial charge is 0.343 e. The van der Waals surface area contributed by atoms with E-state index in [1.54, 1.807) is 30.3 Å². The highest BCUT2D eigenvalue weighted by Crippen LogP contribution is 2.26. The van der Waals surface area contributed by atoms with E-state index in [9.17, 15) is 18.8 Å². The first kappa shape index (κ1) is 19.2. The molecule has 0 spiro atoms. The van der Waals surface area contributed by atoms with Crippen LogP contribution in [0.2, 0.25) is 0 Å². The minimum Gasteiger partial charge on any atom is -0.479 e. The summed E-state index contributed by atoms with van der Waals surface area (Å²) in [5, 5.41) is 11.6. The molecule has 1 fully saturated rings. The number of hydrogen-bond acceptors (Lipinski definition) is 4. The normalized spacial score (nSPS) is 21.0. The Hall–Kier alpha value is -2.09. The van der Waals surface area contributed by atoms with Gasteiger partial charge in [0.2, 0.25) is 11.6 Å². The number of likely N-dealkylation sites (tertiary alicyclic amines) is 1. The van der Waals surface area contributed by atoms with Crippen LogP contribution < -0.4 is 5.32 Å². The van der Waals surface area contributed by atoms with E-state index in [0.29, 0.717) is 17.7 Å². The summed E-state index contributed by atoms with van der Waals surface area (Å²) < 4.78 is 14.2. The summed E-state index contributed by atoms with van der Waals surface area (Å²) >= 11 is 1.53. The molecule has 1 aromatic carbocycles. The quantitative estimate of drug-likeness (QED) is 0.763. The Bertz CT molecular complexity index is 643. The Balaban J connectivity index is 2.07. The van der Waals surface area contributed by atoms with Crippen molar-refractivity contribution in [3.63, 3.8) is 0 Å². The predicted molar refractivity (Wildman–Crippen MR) is 93.4 cm³/mol. The number of carboxylic acids is 1. The molecule has 2 unspecified atom stereocenters. The van der Waals surface area contributed by atoms with Gasteiger partial charge in [-0.15, -0.1) is 0 Å². The monoisotopic (exact) mass is 368 g/mol. The zero-order chi connectivity index (χ0) is 18.4. The van der Waals surface area contributed by atoms with Gasteiger partial charge in [0.1, 0.15) is 6.04 Å². The van der Waals surface area contributed by atoms with Gasteiger partial charge in [-0.2, -0.15) is 11.8 Å². The van der Waals surface area contributed by atoms with Crippen molar-refractivity contribution in [2.24, 2.45) is 0 Å². The summed E-state index contributed by atoms with van der Waals surface area (Å²) in [4.78, 5) is 37.2. The van der Waals surface area contributed by atoms with Gasteiger partial charge in [-0.05, 0) is 30.6 Å². The maximum Gasteiger partial charge on any atom is 0.343 e. The van der Waals surface area contributed by atoms with Gasteiger partial charge in [0.15, 0.2) is 0 Å². The van der Waals surface area contributed by atoms with Gasteiger partial charge in [-0.1, -0.05) is 18.2 Å². The molecule has 6 nitrogen and oxygen atoms in total. The van der Waals surface area contributed by atoms with Crippen molar-refractivity contribution in [1.82, 2.24) is 10.2 Å². The molecule has 1 aliphatic rings. The van der Waals surface area contributed by atoms with Crippen molar-refractivity contribution >= 4 is 29.5 Å². The topological polar surface area (TPSA) is 86.7 Å². The first-order valence-corrected chi connectivity index (χ1v) is 9.33. The number of carbonyl (C=O) groups is 3. The number of rotatable bonds is 7. The van der Waals surface area contributed by atoms with E-state index >= 15 is 0 Å². The molecule has 2 atom stereocenters. The van der Waals surface area contributed by atoms with E-state index in [4.69, 9.17) is 5.11 Å². The number of thioether (sulfide) groups is 1. The number of carboxylic acid groups (broad SMARTS) is 1. The van der Waals surface area contributed by atoms with E-state index in [-0.39, 0.29) is 18.9 Å². The molecule has 2 rings (SSSR count). The lowest BCUT2D eigenvalue weighted by Crippen LogP contribution is -2.49. The molecule has 0 aromatic heterocycles. The lowest BCUT2D eigenvalue weighted by molar-refractivity contribution is -0.150. The lowest BCUT2D eigenvalue weighted by atomic mass is 10.1.